The van der Waals surface area contributed by atoms with Crippen LogP contribution in [-0.2, 0) is 11.4 Å². The van der Waals surface area contributed by atoms with Crippen LogP contribution >= 0.6 is 0 Å². The van der Waals surface area contributed by atoms with Gasteiger partial charge in [0.15, 0.2) is 29.1 Å². The van der Waals surface area contributed by atoms with Crippen LogP contribution in [-0.4, -0.2) is 11.7 Å². The number of hydrogen-bond acceptors (Lipinski definition) is 3. The van der Waals surface area contributed by atoms with E-state index in [1.165, 1.54) is 32.0 Å². The van der Waals surface area contributed by atoms with Crippen molar-refractivity contribution in [1.82, 2.24) is 0 Å². The van der Waals surface area contributed by atoms with Gasteiger partial charge in [-0.25, -0.2) is 22.0 Å². The largest absolute Gasteiger partial charge is 0.486 e. The van der Waals surface area contributed by atoms with Crippen molar-refractivity contribution in [3.8, 4) is 5.75 Å². The average Bonchev–Trinajstić information content (AvgIpc) is 2.58. The number of ketones is 1. The summed E-state index contributed by atoms with van der Waals surface area (Å²) >= 11 is 0. The quantitative estimate of drug-likeness (QED) is 0.371. The number of ether oxygens (including phenoxy) is 1. The zero-order chi connectivity index (χ0) is 19.6. The Hall–Kier alpha value is -2.97. The van der Waals surface area contributed by atoms with Gasteiger partial charge in [0.05, 0.1) is 11.3 Å². The number of nitrogens with one attached hydrogen (secondary N) is 1. The third-order valence-electron chi connectivity index (χ3n) is 3.37. The predicted octanol–water partition coefficient (Wildman–Crippen LogP) is 4.12. The van der Waals surface area contributed by atoms with Crippen LogP contribution in [0.2, 0.25) is 0 Å². The molecule has 0 saturated carbocycles. The molecular formula is C17H12F5NO3. The summed E-state index contributed by atoms with van der Waals surface area (Å²) in [7, 11) is 0. The first-order valence-electron chi connectivity index (χ1n) is 7.19. The van der Waals surface area contributed by atoms with E-state index in [4.69, 9.17) is 4.74 Å². The van der Waals surface area contributed by atoms with Gasteiger partial charge in [-0.2, -0.15) is 0 Å². The Morgan fingerprint density at radius 2 is 1.46 bits per heavy atom. The molecule has 0 aliphatic rings. The standard InChI is InChI=1S/C17H12F5NO3/c1-7(24)9-3-4-11(23-8(2)25)12(5-9)26-6-10-13(18)15(20)17(22)16(21)14(10)19/h3-5H,6H2,1-2H3,(H,23,25). The van der Waals surface area contributed by atoms with Gasteiger partial charge in [-0.3, -0.25) is 9.59 Å². The van der Waals surface area contributed by atoms with Gasteiger partial charge in [0, 0.05) is 12.5 Å². The minimum absolute atomic E-state index is 0.0615. The van der Waals surface area contributed by atoms with Gasteiger partial charge in [0.2, 0.25) is 11.7 Å². The van der Waals surface area contributed by atoms with Crippen molar-refractivity contribution in [2.75, 3.05) is 5.32 Å². The molecule has 9 heteroatoms. The number of amides is 1. The van der Waals surface area contributed by atoms with Gasteiger partial charge in [-0.15, -0.1) is 0 Å². The number of hydrogen-bond donors (Lipinski definition) is 1. The average molecular weight is 373 g/mol. The summed E-state index contributed by atoms with van der Waals surface area (Å²) in [4.78, 5) is 22.6. The molecule has 0 radical (unpaired) electrons. The van der Waals surface area contributed by atoms with Crippen molar-refractivity contribution in [3.63, 3.8) is 0 Å². The zero-order valence-corrected chi connectivity index (χ0v) is 13.6. The number of anilines is 1. The van der Waals surface area contributed by atoms with Crippen molar-refractivity contribution < 1.29 is 36.3 Å². The summed E-state index contributed by atoms with van der Waals surface area (Å²) < 4.78 is 72.0. The molecule has 1 N–H and O–H groups in total. The van der Waals surface area contributed by atoms with E-state index in [0.717, 1.165) is 0 Å². The monoisotopic (exact) mass is 373 g/mol. The van der Waals surface area contributed by atoms with Crippen molar-refractivity contribution in [3.05, 3.63) is 58.4 Å². The van der Waals surface area contributed by atoms with Crippen LogP contribution in [0, 0.1) is 29.1 Å². The SMILES string of the molecule is CC(=O)Nc1ccc(C(C)=O)cc1OCc1c(F)c(F)c(F)c(F)c1F. The molecule has 0 heterocycles. The minimum atomic E-state index is -2.28. The molecule has 1 amide bonds. The molecule has 0 aliphatic heterocycles. The van der Waals surface area contributed by atoms with Gasteiger partial charge in [-0.05, 0) is 25.1 Å². The van der Waals surface area contributed by atoms with Crippen molar-refractivity contribution in [2.45, 2.75) is 20.5 Å². The van der Waals surface area contributed by atoms with Crippen LogP contribution in [0.4, 0.5) is 27.6 Å². The van der Waals surface area contributed by atoms with Crippen LogP contribution in [0.15, 0.2) is 18.2 Å². The van der Waals surface area contributed by atoms with Gasteiger partial charge >= 0.3 is 0 Å². The highest BCUT2D eigenvalue weighted by Crippen LogP contribution is 2.29. The number of carbonyl (C=O) groups excluding carboxylic acids is 2. The number of halogens is 5. The smallest absolute Gasteiger partial charge is 0.221 e. The highest BCUT2D eigenvalue weighted by Gasteiger charge is 2.26. The van der Waals surface area contributed by atoms with E-state index in [0.29, 0.717) is 0 Å². The fourth-order valence-electron chi connectivity index (χ4n) is 2.08. The lowest BCUT2D eigenvalue weighted by Gasteiger charge is -2.14. The van der Waals surface area contributed by atoms with Gasteiger partial charge in [-0.1, -0.05) is 0 Å². The second-order valence-corrected chi connectivity index (χ2v) is 5.29. The van der Waals surface area contributed by atoms with Crippen molar-refractivity contribution >= 4 is 17.4 Å². The predicted molar refractivity (Wildman–Crippen MR) is 81.3 cm³/mol. The lowest BCUT2D eigenvalue weighted by atomic mass is 10.1. The molecule has 2 aromatic rings. The highest BCUT2D eigenvalue weighted by molar-refractivity contribution is 5.96. The van der Waals surface area contributed by atoms with Crippen LogP contribution in [0.5, 0.6) is 5.75 Å². The fourth-order valence-corrected chi connectivity index (χ4v) is 2.08. The summed E-state index contributed by atoms with van der Waals surface area (Å²) in [6, 6.07) is 3.87. The third kappa shape index (κ3) is 3.81. The van der Waals surface area contributed by atoms with E-state index in [1.54, 1.807) is 0 Å². The van der Waals surface area contributed by atoms with Crippen molar-refractivity contribution in [2.24, 2.45) is 0 Å². The Kier molecular flexibility index (Phi) is 5.59. The third-order valence-corrected chi connectivity index (χ3v) is 3.37. The molecular weight excluding hydrogens is 361 g/mol. The lowest BCUT2D eigenvalue weighted by molar-refractivity contribution is -0.114. The maximum atomic E-state index is 13.7. The number of benzene rings is 2. The topological polar surface area (TPSA) is 55.4 Å². The van der Waals surface area contributed by atoms with E-state index in [-0.39, 0.29) is 22.8 Å². The number of Topliss-reactive ketones (excluding diaryl/α,β-unsaturated/α-hetero) is 1. The fraction of sp³-hybridized carbons (Fsp3) is 0.176. The number of carbonyl (C=O) groups is 2. The van der Waals surface area contributed by atoms with Gasteiger partial charge in [0.1, 0.15) is 12.4 Å². The Morgan fingerprint density at radius 3 is 1.96 bits per heavy atom. The molecule has 0 fully saturated rings. The number of rotatable bonds is 5. The van der Waals surface area contributed by atoms with E-state index >= 15 is 0 Å². The summed E-state index contributed by atoms with van der Waals surface area (Å²) in [6.07, 6.45) is 0. The molecule has 2 aromatic carbocycles. The van der Waals surface area contributed by atoms with E-state index in [2.05, 4.69) is 5.32 Å². The Morgan fingerprint density at radius 1 is 0.923 bits per heavy atom. The van der Waals surface area contributed by atoms with E-state index in [1.807, 2.05) is 0 Å². The molecule has 0 bridgehead atoms. The summed E-state index contributed by atoms with van der Waals surface area (Å²) in [5.41, 5.74) is -0.957. The van der Waals surface area contributed by atoms with E-state index < -0.39 is 47.2 Å². The van der Waals surface area contributed by atoms with E-state index in [9.17, 15) is 31.5 Å². The van der Waals surface area contributed by atoms with Crippen LogP contribution < -0.4 is 10.1 Å². The second-order valence-electron chi connectivity index (χ2n) is 5.29. The molecule has 26 heavy (non-hydrogen) atoms. The maximum Gasteiger partial charge on any atom is 0.221 e. The first kappa shape index (κ1) is 19.4. The zero-order valence-electron chi connectivity index (χ0n) is 13.6. The molecule has 4 nitrogen and oxygen atoms in total. The molecule has 2 rings (SSSR count). The highest BCUT2D eigenvalue weighted by atomic mass is 19.2. The summed E-state index contributed by atoms with van der Waals surface area (Å²) in [5.74, 6) is -11.5. The van der Waals surface area contributed by atoms with Gasteiger partial charge < -0.3 is 10.1 Å². The first-order chi connectivity index (χ1) is 12.1. The molecule has 0 unspecified atom stereocenters. The maximum absolute atomic E-state index is 13.7. The normalized spacial score (nSPS) is 10.6. The molecule has 138 valence electrons. The summed E-state index contributed by atoms with van der Waals surface area (Å²) in [6.45, 7) is 1.42. The lowest BCUT2D eigenvalue weighted by Crippen LogP contribution is -2.12. The minimum Gasteiger partial charge on any atom is -0.486 e. The second kappa shape index (κ2) is 7.51. The first-order valence-corrected chi connectivity index (χ1v) is 7.19. The van der Waals surface area contributed by atoms with Crippen LogP contribution in [0.1, 0.15) is 29.8 Å². The Bertz CT molecular complexity index is 869. The molecule has 0 spiro atoms. The Labute approximate surface area is 144 Å². The van der Waals surface area contributed by atoms with Gasteiger partial charge in [0.25, 0.3) is 0 Å². The Balaban J connectivity index is 2.41. The van der Waals surface area contributed by atoms with Crippen LogP contribution in [0.3, 0.4) is 0 Å². The van der Waals surface area contributed by atoms with Crippen molar-refractivity contribution in [1.29, 1.82) is 0 Å². The van der Waals surface area contributed by atoms with Crippen LogP contribution in [0.25, 0.3) is 0 Å². The molecule has 0 atom stereocenters. The molecule has 0 aliphatic carbocycles. The molecule has 0 saturated heterocycles. The molecule has 0 aromatic heterocycles. The summed E-state index contributed by atoms with van der Waals surface area (Å²) in [5, 5.41) is 2.37.